The van der Waals surface area contributed by atoms with Crippen LogP contribution in [0.4, 0.5) is 0 Å². The molecule has 0 spiro atoms. The van der Waals surface area contributed by atoms with Gasteiger partial charge in [-0.2, -0.15) is 0 Å². The summed E-state index contributed by atoms with van der Waals surface area (Å²) in [4.78, 5) is 14.6. The Morgan fingerprint density at radius 3 is 2.38 bits per heavy atom. The average molecular weight is 356 g/mol. The highest BCUT2D eigenvalue weighted by atomic mass is 16.1. The van der Waals surface area contributed by atoms with Crippen LogP contribution in [0.25, 0.3) is 0 Å². The van der Waals surface area contributed by atoms with E-state index in [-0.39, 0.29) is 5.92 Å². The Hall–Kier alpha value is -1.93. The number of piperidine rings is 1. The Bertz CT molecular complexity index is 557. The minimum absolute atomic E-state index is 0.140. The molecule has 2 heteroatoms. The molecule has 1 aromatic carbocycles. The van der Waals surface area contributed by atoms with Crippen LogP contribution < -0.4 is 0 Å². The molecular formula is C24H37NO. The third-order valence-corrected chi connectivity index (χ3v) is 4.12. The van der Waals surface area contributed by atoms with Gasteiger partial charge in [0.2, 0.25) is 0 Å². The van der Waals surface area contributed by atoms with Gasteiger partial charge in [-0.1, -0.05) is 88.9 Å². The van der Waals surface area contributed by atoms with Crippen molar-refractivity contribution in [1.82, 2.24) is 4.90 Å². The normalized spacial score (nSPS) is 17.8. The summed E-state index contributed by atoms with van der Waals surface area (Å²) < 4.78 is 0. The molecule has 1 aliphatic heterocycles. The van der Waals surface area contributed by atoms with Crippen LogP contribution in [0.5, 0.6) is 0 Å². The third kappa shape index (κ3) is 8.96. The van der Waals surface area contributed by atoms with E-state index in [1.165, 1.54) is 5.56 Å². The van der Waals surface area contributed by atoms with Gasteiger partial charge < -0.3 is 0 Å². The second-order valence-electron chi connectivity index (χ2n) is 5.82. The molecule has 1 aliphatic rings. The van der Waals surface area contributed by atoms with Crippen molar-refractivity contribution in [2.45, 2.75) is 54.0 Å². The van der Waals surface area contributed by atoms with Gasteiger partial charge in [-0.05, 0) is 37.4 Å². The lowest BCUT2D eigenvalue weighted by atomic mass is 9.88. The molecule has 2 nitrogen and oxygen atoms in total. The first-order valence-corrected chi connectivity index (χ1v) is 9.96. The number of hydrogen-bond donors (Lipinski definition) is 0. The summed E-state index contributed by atoms with van der Waals surface area (Å²) in [6.07, 6.45) is 9.67. The minimum atomic E-state index is 0.140. The molecule has 1 atom stereocenters. The Morgan fingerprint density at radius 2 is 1.85 bits per heavy atom. The fourth-order valence-electron chi connectivity index (χ4n) is 2.84. The summed E-state index contributed by atoms with van der Waals surface area (Å²) in [6, 6.07) is 10.4. The smallest absolute Gasteiger partial charge is 0.150 e. The van der Waals surface area contributed by atoms with Gasteiger partial charge in [-0.25, -0.2) is 0 Å². The van der Waals surface area contributed by atoms with Crippen molar-refractivity contribution in [3.05, 3.63) is 72.4 Å². The van der Waals surface area contributed by atoms with Gasteiger partial charge >= 0.3 is 0 Å². The standard InChI is InChI=1S/C20H25NO.2C2H6/c1-3-5-9-17(4-2)14-19-12-13-21(16-20(19)22)15-18-10-7-6-8-11-18;2*1-2/h3-11,19H,2,12-16H2,1H3;2*1-2H3/b5-3-,17-9+;;. The summed E-state index contributed by atoms with van der Waals surface area (Å²) in [6.45, 7) is 16.3. The zero-order valence-corrected chi connectivity index (χ0v) is 17.4. The van der Waals surface area contributed by atoms with E-state index >= 15 is 0 Å². The Kier molecular flexibility index (Phi) is 14.2. The predicted octanol–water partition coefficient (Wildman–Crippen LogP) is 6.21. The molecular weight excluding hydrogens is 318 g/mol. The van der Waals surface area contributed by atoms with Gasteiger partial charge in [0.1, 0.15) is 5.78 Å². The molecule has 1 saturated heterocycles. The lowest BCUT2D eigenvalue weighted by molar-refractivity contribution is -0.126. The molecule has 1 unspecified atom stereocenters. The lowest BCUT2D eigenvalue weighted by Gasteiger charge is -2.31. The molecule has 0 bridgehead atoms. The lowest BCUT2D eigenvalue weighted by Crippen LogP contribution is -2.40. The number of hydrogen-bond acceptors (Lipinski definition) is 2. The van der Waals surface area contributed by atoms with E-state index in [1.807, 2.05) is 71.0 Å². The Balaban J connectivity index is 0.00000146. The molecule has 144 valence electrons. The zero-order valence-electron chi connectivity index (χ0n) is 17.4. The van der Waals surface area contributed by atoms with Gasteiger partial charge in [-0.3, -0.25) is 9.69 Å². The molecule has 0 aromatic heterocycles. The van der Waals surface area contributed by atoms with E-state index in [2.05, 4.69) is 29.7 Å². The highest BCUT2D eigenvalue weighted by Gasteiger charge is 2.27. The van der Waals surface area contributed by atoms with Crippen LogP contribution in [0.1, 0.15) is 53.0 Å². The molecule has 0 N–H and O–H groups in total. The summed E-state index contributed by atoms with van der Waals surface area (Å²) in [5, 5.41) is 0. The number of likely N-dealkylation sites (tertiary alicyclic amines) is 1. The highest BCUT2D eigenvalue weighted by molar-refractivity contribution is 5.84. The summed E-state index contributed by atoms with van der Waals surface area (Å²) in [5.74, 6) is 0.497. The number of carbonyl (C=O) groups is 1. The summed E-state index contributed by atoms with van der Waals surface area (Å²) in [7, 11) is 0. The van der Waals surface area contributed by atoms with Crippen molar-refractivity contribution in [2.24, 2.45) is 5.92 Å². The molecule has 1 heterocycles. The Morgan fingerprint density at radius 1 is 1.19 bits per heavy atom. The number of Topliss-reactive ketones (excluding diaryl/α,β-unsaturated/α-hetero) is 1. The molecule has 1 fully saturated rings. The van der Waals surface area contributed by atoms with E-state index in [1.54, 1.807) is 0 Å². The third-order valence-electron chi connectivity index (χ3n) is 4.12. The first-order chi connectivity index (χ1) is 12.7. The minimum Gasteiger partial charge on any atom is -0.298 e. The number of benzene rings is 1. The number of ketones is 1. The van der Waals surface area contributed by atoms with Crippen LogP contribution in [0, 0.1) is 5.92 Å². The summed E-state index contributed by atoms with van der Waals surface area (Å²) in [5.41, 5.74) is 2.42. The second-order valence-corrected chi connectivity index (χ2v) is 5.82. The first kappa shape index (κ1) is 24.1. The predicted molar refractivity (Wildman–Crippen MR) is 115 cm³/mol. The molecule has 0 amide bonds. The van der Waals surface area contributed by atoms with E-state index in [0.29, 0.717) is 12.3 Å². The van der Waals surface area contributed by atoms with E-state index in [9.17, 15) is 4.79 Å². The van der Waals surface area contributed by atoms with Crippen LogP contribution in [0.2, 0.25) is 0 Å². The fourth-order valence-corrected chi connectivity index (χ4v) is 2.84. The SMILES string of the molecule is C=C/C(=C\C=C/C)CC1CCN(Cc2ccccc2)CC1=O.CC.CC. The maximum absolute atomic E-state index is 12.4. The van der Waals surface area contributed by atoms with E-state index in [0.717, 1.165) is 31.5 Å². The van der Waals surface area contributed by atoms with E-state index < -0.39 is 0 Å². The zero-order chi connectivity index (χ0) is 19.8. The molecule has 26 heavy (non-hydrogen) atoms. The van der Waals surface area contributed by atoms with Crippen molar-refractivity contribution >= 4 is 5.78 Å². The largest absolute Gasteiger partial charge is 0.298 e. The molecule has 2 rings (SSSR count). The van der Waals surface area contributed by atoms with Gasteiger partial charge in [0.15, 0.2) is 0 Å². The Labute approximate surface area is 161 Å². The van der Waals surface area contributed by atoms with Gasteiger partial charge in [-0.15, -0.1) is 0 Å². The van der Waals surface area contributed by atoms with Crippen LogP contribution >= 0.6 is 0 Å². The van der Waals surface area contributed by atoms with Crippen molar-refractivity contribution in [3.8, 4) is 0 Å². The van der Waals surface area contributed by atoms with Crippen LogP contribution in [-0.4, -0.2) is 23.8 Å². The van der Waals surface area contributed by atoms with Gasteiger partial charge in [0, 0.05) is 12.5 Å². The first-order valence-electron chi connectivity index (χ1n) is 9.96. The van der Waals surface area contributed by atoms with Crippen molar-refractivity contribution in [2.75, 3.05) is 13.1 Å². The van der Waals surface area contributed by atoms with Crippen LogP contribution in [-0.2, 0) is 11.3 Å². The quantitative estimate of drug-likeness (QED) is 0.565. The number of allylic oxidation sites excluding steroid dienone is 5. The van der Waals surface area contributed by atoms with Crippen LogP contribution in [0.15, 0.2) is 66.8 Å². The summed E-state index contributed by atoms with van der Waals surface area (Å²) >= 11 is 0. The maximum Gasteiger partial charge on any atom is 0.150 e. The maximum atomic E-state index is 12.4. The number of carbonyl (C=O) groups excluding carboxylic acids is 1. The van der Waals surface area contributed by atoms with Crippen molar-refractivity contribution in [3.63, 3.8) is 0 Å². The number of rotatable bonds is 6. The molecule has 0 radical (unpaired) electrons. The fraction of sp³-hybridized carbons (Fsp3) is 0.458. The molecule has 0 aliphatic carbocycles. The van der Waals surface area contributed by atoms with Gasteiger partial charge in [0.05, 0.1) is 6.54 Å². The van der Waals surface area contributed by atoms with Crippen molar-refractivity contribution < 1.29 is 4.79 Å². The van der Waals surface area contributed by atoms with Crippen LogP contribution in [0.3, 0.4) is 0 Å². The molecule has 1 aromatic rings. The molecule has 0 saturated carbocycles. The monoisotopic (exact) mass is 355 g/mol. The second kappa shape index (κ2) is 15.3. The van der Waals surface area contributed by atoms with E-state index in [4.69, 9.17) is 0 Å². The van der Waals surface area contributed by atoms with Gasteiger partial charge in [0.25, 0.3) is 0 Å². The topological polar surface area (TPSA) is 20.3 Å². The highest BCUT2D eigenvalue weighted by Crippen LogP contribution is 2.23. The van der Waals surface area contributed by atoms with Crippen molar-refractivity contribution in [1.29, 1.82) is 0 Å². The average Bonchev–Trinajstić information content (AvgIpc) is 2.70. The number of nitrogens with zero attached hydrogens (tertiary/aromatic N) is 1.